The minimum absolute atomic E-state index is 0.0221. The molecule has 1 fully saturated rings. The Balaban J connectivity index is 1.31. The molecule has 194 valence electrons. The van der Waals surface area contributed by atoms with Crippen LogP contribution in [0.5, 0.6) is 5.75 Å². The first-order valence-electron chi connectivity index (χ1n) is 12.7. The van der Waals surface area contributed by atoms with Crippen molar-refractivity contribution in [3.8, 4) is 5.75 Å². The molecule has 3 aromatic carbocycles. The molecule has 0 aromatic heterocycles. The number of rotatable bonds is 9. The lowest BCUT2D eigenvalue weighted by molar-refractivity contribution is -0.135. The van der Waals surface area contributed by atoms with Crippen molar-refractivity contribution in [1.29, 1.82) is 0 Å². The molecule has 4 rings (SSSR count). The Bertz CT molecular complexity index is 1190. The van der Waals surface area contributed by atoms with Crippen molar-refractivity contribution in [2.24, 2.45) is 0 Å². The second kappa shape index (κ2) is 12.7. The fourth-order valence-corrected chi connectivity index (χ4v) is 5.35. The molecule has 1 aliphatic rings. The van der Waals surface area contributed by atoms with Gasteiger partial charge in [-0.15, -0.1) is 11.8 Å². The minimum Gasteiger partial charge on any atom is -0.489 e. The lowest BCUT2D eigenvalue weighted by atomic mass is 10.1. The molecule has 2 amide bonds. The Labute approximate surface area is 224 Å². The van der Waals surface area contributed by atoms with Crippen LogP contribution in [-0.2, 0) is 16.2 Å². The molecule has 3 aromatic rings. The van der Waals surface area contributed by atoms with E-state index >= 15 is 0 Å². The largest absolute Gasteiger partial charge is 0.489 e. The van der Waals surface area contributed by atoms with E-state index in [4.69, 9.17) is 4.74 Å². The van der Waals surface area contributed by atoms with Crippen molar-refractivity contribution in [2.75, 3.05) is 36.8 Å². The van der Waals surface area contributed by atoms with Gasteiger partial charge >= 0.3 is 0 Å². The van der Waals surface area contributed by atoms with Gasteiger partial charge < -0.3 is 19.9 Å². The highest BCUT2D eigenvalue weighted by molar-refractivity contribution is 7.99. The van der Waals surface area contributed by atoms with E-state index in [1.54, 1.807) is 11.8 Å². The van der Waals surface area contributed by atoms with Crippen LogP contribution in [0.4, 0.5) is 5.69 Å². The molecule has 6 nitrogen and oxygen atoms in total. The molecule has 0 spiro atoms. The number of nitrogens with zero attached hydrogens (tertiary/aromatic N) is 2. The number of nitrogens with one attached hydrogen (secondary N) is 1. The molecule has 0 saturated carbocycles. The van der Waals surface area contributed by atoms with Gasteiger partial charge in [-0.25, -0.2) is 0 Å². The van der Waals surface area contributed by atoms with Gasteiger partial charge in [0.05, 0.1) is 0 Å². The van der Waals surface area contributed by atoms with Crippen LogP contribution in [0.25, 0.3) is 0 Å². The summed E-state index contributed by atoms with van der Waals surface area (Å²) in [6, 6.07) is 23.7. The van der Waals surface area contributed by atoms with Gasteiger partial charge in [-0.3, -0.25) is 9.59 Å². The Hall–Kier alpha value is -3.45. The van der Waals surface area contributed by atoms with Gasteiger partial charge in [0.15, 0.2) is 0 Å². The number of ether oxygens (including phenoxy) is 1. The van der Waals surface area contributed by atoms with Crippen molar-refractivity contribution in [3.63, 3.8) is 0 Å². The number of aryl methyl sites for hydroxylation is 1. The molecule has 1 aliphatic heterocycles. The van der Waals surface area contributed by atoms with Crippen molar-refractivity contribution in [2.45, 2.75) is 38.3 Å². The molecule has 37 heavy (non-hydrogen) atoms. The average molecular weight is 518 g/mol. The Kier molecular flexibility index (Phi) is 9.12. The molecular weight excluding hydrogens is 482 g/mol. The molecule has 1 heterocycles. The van der Waals surface area contributed by atoms with Gasteiger partial charge in [-0.05, 0) is 60.9 Å². The lowest BCUT2D eigenvalue weighted by Gasteiger charge is -2.38. The predicted octanol–water partition coefficient (Wildman–Crippen LogP) is 4.83. The SMILES string of the molecule is CC(=O)NC(CSc1ccc(OCc2ccccc2)cc1)C(=O)N1CCN(c2cccc(C)c2C)CC1. The van der Waals surface area contributed by atoms with Crippen molar-refractivity contribution in [3.05, 3.63) is 89.5 Å². The highest BCUT2D eigenvalue weighted by Gasteiger charge is 2.28. The fourth-order valence-electron chi connectivity index (χ4n) is 4.44. The summed E-state index contributed by atoms with van der Waals surface area (Å²) >= 11 is 1.56. The maximum atomic E-state index is 13.4. The van der Waals surface area contributed by atoms with Gasteiger partial charge in [0.1, 0.15) is 18.4 Å². The Morgan fingerprint density at radius 2 is 1.62 bits per heavy atom. The third-order valence-corrected chi connectivity index (χ3v) is 7.78. The zero-order valence-corrected chi connectivity index (χ0v) is 22.6. The maximum Gasteiger partial charge on any atom is 0.246 e. The molecule has 0 radical (unpaired) electrons. The fraction of sp³-hybridized carbons (Fsp3) is 0.333. The van der Waals surface area contributed by atoms with E-state index in [0.717, 1.165) is 29.3 Å². The van der Waals surface area contributed by atoms with Crippen molar-refractivity contribution < 1.29 is 14.3 Å². The first kappa shape index (κ1) is 26.6. The lowest BCUT2D eigenvalue weighted by Crippen LogP contribution is -2.55. The van der Waals surface area contributed by atoms with E-state index in [0.29, 0.717) is 25.4 Å². The van der Waals surface area contributed by atoms with E-state index in [2.05, 4.69) is 42.3 Å². The first-order chi connectivity index (χ1) is 17.9. The molecule has 7 heteroatoms. The molecule has 1 saturated heterocycles. The van der Waals surface area contributed by atoms with Gasteiger partial charge in [0, 0.05) is 49.4 Å². The number of anilines is 1. The summed E-state index contributed by atoms with van der Waals surface area (Å²) in [5, 5.41) is 2.87. The number of thioether (sulfide) groups is 1. The summed E-state index contributed by atoms with van der Waals surface area (Å²) in [5.41, 5.74) is 4.91. The third kappa shape index (κ3) is 7.29. The van der Waals surface area contributed by atoms with Crippen LogP contribution in [-0.4, -0.2) is 54.7 Å². The second-order valence-corrected chi connectivity index (χ2v) is 10.4. The highest BCUT2D eigenvalue weighted by Crippen LogP contribution is 2.25. The van der Waals surface area contributed by atoms with E-state index in [1.807, 2.05) is 59.5 Å². The monoisotopic (exact) mass is 517 g/mol. The summed E-state index contributed by atoms with van der Waals surface area (Å²) in [5.74, 6) is 1.05. The van der Waals surface area contributed by atoms with Crippen LogP contribution in [0, 0.1) is 13.8 Å². The molecule has 1 unspecified atom stereocenters. The van der Waals surface area contributed by atoms with Crippen LogP contribution >= 0.6 is 11.8 Å². The smallest absolute Gasteiger partial charge is 0.246 e. The van der Waals surface area contributed by atoms with E-state index < -0.39 is 6.04 Å². The maximum absolute atomic E-state index is 13.4. The van der Waals surface area contributed by atoms with Crippen LogP contribution in [0.1, 0.15) is 23.6 Å². The number of carbonyl (C=O) groups is 2. The van der Waals surface area contributed by atoms with Crippen molar-refractivity contribution >= 4 is 29.3 Å². The Morgan fingerprint density at radius 3 is 2.30 bits per heavy atom. The normalized spacial score (nSPS) is 14.2. The number of carbonyl (C=O) groups excluding carboxylic acids is 2. The molecular formula is C30H35N3O3S. The number of amides is 2. The molecule has 1 N–H and O–H groups in total. The van der Waals surface area contributed by atoms with Gasteiger partial charge in [0.25, 0.3) is 0 Å². The number of hydrogen-bond acceptors (Lipinski definition) is 5. The number of hydrogen-bond donors (Lipinski definition) is 1. The highest BCUT2D eigenvalue weighted by atomic mass is 32.2. The van der Waals surface area contributed by atoms with Crippen LogP contribution in [0.2, 0.25) is 0 Å². The zero-order chi connectivity index (χ0) is 26.2. The number of piperazine rings is 1. The minimum atomic E-state index is -0.566. The summed E-state index contributed by atoms with van der Waals surface area (Å²) in [4.78, 5) is 30.5. The topological polar surface area (TPSA) is 61.9 Å². The predicted molar refractivity (Wildman–Crippen MR) is 150 cm³/mol. The average Bonchev–Trinajstić information content (AvgIpc) is 2.92. The molecule has 0 aliphatic carbocycles. The Morgan fingerprint density at radius 1 is 0.919 bits per heavy atom. The van der Waals surface area contributed by atoms with Crippen LogP contribution < -0.4 is 15.0 Å². The van der Waals surface area contributed by atoms with Crippen LogP contribution in [0.15, 0.2) is 77.7 Å². The van der Waals surface area contributed by atoms with Crippen molar-refractivity contribution in [1.82, 2.24) is 10.2 Å². The van der Waals surface area contributed by atoms with Gasteiger partial charge in [-0.1, -0.05) is 42.5 Å². The van der Waals surface area contributed by atoms with E-state index in [1.165, 1.54) is 23.7 Å². The third-order valence-electron chi connectivity index (χ3n) is 6.67. The van der Waals surface area contributed by atoms with E-state index in [-0.39, 0.29) is 11.8 Å². The van der Waals surface area contributed by atoms with Gasteiger partial charge in [0.2, 0.25) is 11.8 Å². The summed E-state index contributed by atoms with van der Waals surface area (Å²) in [6.45, 7) is 9.08. The summed E-state index contributed by atoms with van der Waals surface area (Å²) < 4.78 is 5.87. The standard InChI is InChI=1S/C30H35N3O3S/c1-22-8-7-11-29(23(22)2)32-16-18-33(19-17-32)30(35)28(31-24(3)34)21-37-27-14-12-26(13-15-27)36-20-25-9-5-4-6-10-25/h4-15,28H,16-21H2,1-3H3,(H,31,34). The first-order valence-corrected chi connectivity index (χ1v) is 13.7. The number of benzene rings is 3. The summed E-state index contributed by atoms with van der Waals surface area (Å²) in [7, 11) is 0. The van der Waals surface area contributed by atoms with E-state index in [9.17, 15) is 9.59 Å². The molecule has 1 atom stereocenters. The molecule has 0 bridgehead atoms. The van der Waals surface area contributed by atoms with Gasteiger partial charge in [-0.2, -0.15) is 0 Å². The zero-order valence-electron chi connectivity index (χ0n) is 21.8. The summed E-state index contributed by atoms with van der Waals surface area (Å²) in [6.07, 6.45) is 0. The quantitative estimate of drug-likeness (QED) is 0.412. The second-order valence-electron chi connectivity index (χ2n) is 9.34. The van der Waals surface area contributed by atoms with Crippen LogP contribution in [0.3, 0.4) is 0 Å².